The summed E-state index contributed by atoms with van der Waals surface area (Å²) in [6.07, 6.45) is 2.93. The molecule has 0 saturated carbocycles. The fourth-order valence-corrected chi connectivity index (χ4v) is 0.858. The Kier molecular flexibility index (Phi) is 2.23. The van der Waals surface area contributed by atoms with Crippen molar-refractivity contribution in [3.05, 3.63) is 24.0 Å². The average Bonchev–Trinajstić information content (AvgIpc) is 2.36. The molecule has 3 heteroatoms. The summed E-state index contributed by atoms with van der Waals surface area (Å²) in [5, 5.41) is 8.53. The van der Waals surface area contributed by atoms with Gasteiger partial charge in [0.05, 0.1) is 0 Å². The maximum absolute atomic E-state index is 10.2. The maximum Gasteiger partial charge on any atom is 0.217 e. The number of aromatic nitrogens is 1. The number of hydrogen-bond acceptors (Lipinski definition) is 2. The first-order valence-electron chi connectivity index (χ1n) is 3.10. The lowest BCUT2D eigenvalue weighted by Crippen LogP contribution is -2.01. The van der Waals surface area contributed by atoms with Crippen molar-refractivity contribution in [2.75, 3.05) is 6.61 Å². The Morgan fingerprint density at radius 3 is 3.10 bits per heavy atom. The second kappa shape index (κ2) is 3.17. The van der Waals surface area contributed by atoms with Gasteiger partial charge in [0.1, 0.15) is 0 Å². The Morgan fingerprint density at radius 1 is 1.70 bits per heavy atom. The molecule has 0 fully saturated rings. The number of nitrogens with zero attached hydrogens (tertiary/aromatic N) is 1. The van der Waals surface area contributed by atoms with Gasteiger partial charge in [0.2, 0.25) is 6.41 Å². The van der Waals surface area contributed by atoms with Crippen molar-refractivity contribution >= 4 is 6.41 Å². The van der Waals surface area contributed by atoms with Crippen LogP contribution in [0.1, 0.15) is 5.69 Å². The van der Waals surface area contributed by atoms with Gasteiger partial charge < -0.3 is 5.11 Å². The minimum absolute atomic E-state index is 0.0812. The Balaban J connectivity index is 2.79. The first-order chi connectivity index (χ1) is 4.88. The summed E-state index contributed by atoms with van der Waals surface area (Å²) in [7, 11) is 0. The number of carbonyl (C=O) groups excluding carboxylic acids is 1. The second-order valence-corrected chi connectivity index (χ2v) is 1.99. The quantitative estimate of drug-likeness (QED) is 0.602. The van der Waals surface area contributed by atoms with E-state index in [0.717, 1.165) is 12.1 Å². The first-order valence-corrected chi connectivity index (χ1v) is 3.10. The molecule has 0 aliphatic rings. The molecular weight excluding hydrogens is 130 g/mol. The molecule has 1 aromatic heterocycles. The first kappa shape index (κ1) is 7.02. The van der Waals surface area contributed by atoms with Crippen LogP contribution in [0, 0.1) is 0 Å². The van der Waals surface area contributed by atoms with Gasteiger partial charge in [0, 0.05) is 24.9 Å². The molecule has 0 spiro atoms. The zero-order valence-corrected chi connectivity index (χ0v) is 5.53. The third-order valence-corrected chi connectivity index (χ3v) is 1.35. The van der Waals surface area contributed by atoms with Gasteiger partial charge in [-0.15, -0.1) is 0 Å². The lowest BCUT2D eigenvalue weighted by atomic mass is 10.3. The van der Waals surface area contributed by atoms with E-state index in [4.69, 9.17) is 5.11 Å². The van der Waals surface area contributed by atoms with Crippen molar-refractivity contribution in [1.29, 1.82) is 0 Å². The Hall–Kier alpha value is -1.09. The summed E-state index contributed by atoms with van der Waals surface area (Å²) < 4.78 is 1.45. The van der Waals surface area contributed by atoms with Gasteiger partial charge in [-0.25, -0.2) is 0 Å². The van der Waals surface area contributed by atoms with Crippen LogP contribution >= 0.6 is 0 Å². The van der Waals surface area contributed by atoms with E-state index in [1.54, 1.807) is 12.3 Å². The summed E-state index contributed by atoms with van der Waals surface area (Å²) in [4.78, 5) is 10.2. The Morgan fingerprint density at radius 2 is 2.50 bits per heavy atom. The van der Waals surface area contributed by atoms with Gasteiger partial charge in [-0.1, -0.05) is 0 Å². The molecule has 0 amide bonds. The normalized spacial score (nSPS) is 9.70. The van der Waals surface area contributed by atoms with Crippen LogP contribution < -0.4 is 0 Å². The highest BCUT2D eigenvalue weighted by Gasteiger charge is 1.96. The minimum atomic E-state index is 0.0812. The average molecular weight is 139 g/mol. The van der Waals surface area contributed by atoms with E-state index in [1.165, 1.54) is 4.57 Å². The number of aliphatic hydroxyl groups excluding tert-OH is 1. The predicted molar refractivity (Wildman–Crippen MR) is 37.4 cm³/mol. The smallest absolute Gasteiger partial charge is 0.217 e. The summed E-state index contributed by atoms with van der Waals surface area (Å²) in [5.41, 5.74) is 0.845. The third kappa shape index (κ3) is 1.25. The SMILES string of the molecule is O=Cn1cccc1CCO. The lowest BCUT2D eigenvalue weighted by molar-refractivity contribution is 0.297. The number of hydrogen-bond donors (Lipinski definition) is 1. The van der Waals surface area contributed by atoms with Crippen LogP contribution in [0.5, 0.6) is 0 Å². The number of aliphatic hydroxyl groups is 1. The molecule has 3 nitrogen and oxygen atoms in total. The van der Waals surface area contributed by atoms with Crippen molar-refractivity contribution in [3.63, 3.8) is 0 Å². The molecule has 0 aliphatic heterocycles. The molecule has 1 rings (SSSR count). The van der Waals surface area contributed by atoms with Crippen molar-refractivity contribution < 1.29 is 9.90 Å². The zero-order chi connectivity index (χ0) is 7.40. The molecule has 0 unspecified atom stereocenters. The van der Waals surface area contributed by atoms with E-state index in [2.05, 4.69) is 0 Å². The van der Waals surface area contributed by atoms with Crippen molar-refractivity contribution in [2.24, 2.45) is 0 Å². The van der Waals surface area contributed by atoms with E-state index >= 15 is 0 Å². The zero-order valence-electron chi connectivity index (χ0n) is 5.53. The molecule has 0 saturated heterocycles. The van der Waals surface area contributed by atoms with Crippen LogP contribution in [-0.2, 0) is 11.2 Å². The molecule has 1 heterocycles. The van der Waals surface area contributed by atoms with Crippen LogP contribution in [0.2, 0.25) is 0 Å². The largest absolute Gasteiger partial charge is 0.396 e. The van der Waals surface area contributed by atoms with Gasteiger partial charge in [0.15, 0.2) is 0 Å². The molecule has 54 valence electrons. The molecule has 0 atom stereocenters. The highest BCUT2D eigenvalue weighted by molar-refractivity contribution is 5.53. The van der Waals surface area contributed by atoms with Crippen LogP contribution in [0.4, 0.5) is 0 Å². The molecular formula is C7H9NO2. The number of carbonyl (C=O) groups is 1. The fourth-order valence-electron chi connectivity index (χ4n) is 0.858. The molecule has 1 aromatic rings. The van der Waals surface area contributed by atoms with E-state index in [1.807, 2.05) is 6.07 Å². The second-order valence-electron chi connectivity index (χ2n) is 1.99. The van der Waals surface area contributed by atoms with Crippen LogP contribution in [0.15, 0.2) is 18.3 Å². The maximum atomic E-state index is 10.2. The van der Waals surface area contributed by atoms with Gasteiger partial charge in [-0.05, 0) is 12.1 Å². The van der Waals surface area contributed by atoms with E-state index in [-0.39, 0.29) is 6.61 Å². The molecule has 0 aliphatic carbocycles. The highest BCUT2D eigenvalue weighted by Crippen LogP contribution is 1.98. The summed E-state index contributed by atoms with van der Waals surface area (Å²) >= 11 is 0. The summed E-state index contributed by atoms with van der Waals surface area (Å²) in [5.74, 6) is 0. The molecule has 1 N–H and O–H groups in total. The molecule has 0 aromatic carbocycles. The topological polar surface area (TPSA) is 42.2 Å². The van der Waals surface area contributed by atoms with Gasteiger partial charge in [-0.2, -0.15) is 0 Å². The third-order valence-electron chi connectivity index (χ3n) is 1.35. The van der Waals surface area contributed by atoms with E-state index in [9.17, 15) is 4.79 Å². The monoisotopic (exact) mass is 139 g/mol. The molecule has 0 bridgehead atoms. The summed E-state index contributed by atoms with van der Waals surface area (Å²) in [6.45, 7) is 0.0812. The number of rotatable bonds is 3. The van der Waals surface area contributed by atoms with Crippen molar-refractivity contribution in [3.8, 4) is 0 Å². The van der Waals surface area contributed by atoms with E-state index < -0.39 is 0 Å². The molecule has 0 radical (unpaired) electrons. The van der Waals surface area contributed by atoms with E-state index in [0.29, 0.717) is 6.42 Å². The Labute approximate surface area is 58.9 Å². The van der Waals surface area contributed by atoms with Crippen molar-refractivity contribution in [2.45, 2.75) is 6.42 Å². The van der Waals surface area contributed by atoms with Crippen LogP contribution in [0.25, 0.3) is 0 Å². The Bertz CT molecular complexity index is 217. The van der Waals surface area contributed by atoms with Crippen LogP contribution in [0.3, 0.4) is 0 Å². The van der Waals surface area contributed by atoms with Gasteiger partial charge in [-0.3, -0.25) is 9.36 Å². The summed E-state index contributed by atoms with van der Waals surface area (Å²) in [6, 6.07) is 3.59. The van der Waals surface area contributed by atoms with Gasteiger partial charge >= 0.3 is 0 Å². The van der Waals surface area contributed by atoms with Crippen LogP contribution in [-0.4, -0.2) is 22.7 Å². The highest BCUT2D eigenvalue weighted by atomic mass is 16.3. The minimum Gasteiger partial charge on any atom is -0.396 e. The fraction of sp³-hybridized carbons (Fsp3) is 0.286. The molecule has 10 heavy (non-hydrogen) atoms. The predicted octanol–water partition coefficient (Wildman–Crippen LogP) is 0.0612. The lowest BCUT2D eigenvalue weighted by Gasteiger charge is -1.96. The standard InChI is InChI=1S/C7H9NO2/c9-5-3-7-2-1-4-8(7)6-10/h1-2,4,6,9H,3,5H2. The van der Waals surface area contributed by atoms with Crippen molar-refractivity contribution in [1.82, 2.24) is 4.57 Å². The van der Waals surface area contributed by atoms with Gasteiger partial charge in [0.25, 0.3) is 0 Å².